The predicted octanol–water partition coefficient (Wildman–Crippen LogP) is 4.65. The number of amides is 1. The van der Waals surface area contributed by atoms with Crippen LogP contribution in [0.4, 0.5) is 28.9 Å². The van der Waals surface area contributed by atoms with Gasteiger partial charge in [0.05, 0.1) is 11.3 Å². The van der Waals surface area contributed by atoms with E-state index >= 15 is 0 Å². The average molecular weight is 435 g/mol. The predicted molar refractivity (Wildman–Crippen MR) is 109 cm³/mol. The Hall–Kier alpha value is -3.14. The zero-order chi connectivity index (χ0) is 22.2. The average Bonchev–Trinajstić information content (AvgIpc) is 3.17. The zero-order valence-corrected chi connectivity index (χ0v) is 16.4. The number of pyridine rings is 1. The lowest BCUT2D eigenvalue weighted by molar-refractivity contribution is -0.140. The molecule has 5 N–H and O–H groups in total. The summed E-state index contributed by atoms with van der Waals surface area (Å²) in [7, 11) is 0. The van der Waals surface area contributed by atoms with E-state index in [0.29, 0.717) is 5.69 Å². The van der Waals surface area contributed by atoms with Gasteiger partial charge in [-0.15, -0.1) is 0 Å². The molecule has 3 aromatic rings. The molecule has 4 rings (SSSR count). The Labute approximate surface area is 175 Å². The van der Waals surface area contributed by atoms with Crippen LogP contribution in [0.5, 0.6) is 0 Å². The van der Waals surface area contributed by atoms with Crippen molar-refractivity contribution in [3.05, 3.63) is 53.6 Å². The molecule has 0 atom stereocenters. The molecule has 10 heteroatoms. The van der Waals surface area contributed by atoms with Gasteiger partial charge in [0.2, 0.25) is 0 Å². The van der Waals surface area contributed by atoms with Crippen LogP contribution >= 0.6 is 0 Å². The summed E-state index contributed by atoms with van der Waals surface area (Å²) in [6, 6.07) is 6.20. The van der Waals surface area contributed by atoms with E-state index in [4.69, 9.17) is 5.73 Å². The van der Waals surface area contributed by atoms with Gasteiger partial charge >= 0.3 is 6.18 Å². The Bertz CT molecular complexity index is 1090. The molecule has 1 aromatic carbocycles. The maximum absolute atomic E-state index is 13.2. The quantitative estimate of drug-likeness (QED) is 0.449. The molecule has 0 unspecified atom stereocenters. The molecule has 2 heterocycles. The minimum Gasteiger partial charge on any atom is -0.381 e. The van der Waals surface area contributed by atoms with Gasteiger partial charge in [-0.1, -0.05) is 0 Å². The van der Waals surface area contributed by atoms with Crippen molar-refractivity contribution in [2.45, 2.75) is 43.9 Å². The zero-order valence-electron chi connectivity index (χ0n) is 16.4. The van der Waals surface area contributed by atoms with Crippen LogP contribution in [0.1, 0.15) is 41.7 Å². The van der Waals surface area contributed by atoms with Gasteiger partial charge in [0.15, 0.2) is 0 Å². The smallest absolute Gasteiger partial charge is 0.381 e. The molecule has 0 spiro atoms. The van der Waals surface area contributed by atoms with Gasteiger partial charge in [-0.2, -0.15) is 13.2 Å². The van der Waals surface area contributed by atoms with Gasteiger partial charge in [0, 0.05) is 29.4 Å². The molecule has 0 aliphatic heterocycles. The molecule has 0 saturated heterocycles. The molecule has 1 fully saturated rings. The van der Waals surface area contributed by atoms with Crippen molar-refractivity contribution < 1.29 is 22.4 Å². The fourth-order valence-electron chi connectivity index (χ4n) is 3.75. The van der Waals surface area contributed by atoms with Gasteiger partial charge in [-0.25, -0.2) is 9.37 Å². The van der Waals surface area contributed by atoms with E-state index in [9.17, 15) is 22.4 Å². The molecule has 31 heavy (non-hydrogen) atoms. The maximum Gasteiger partial charge on any atom is 0.431 e. The van der Waals surface area contributed by atoms with E-state index in [2.05, 4.69) is 20.6 Å². The molecule has 6 nitrogen and oxygen atoms in total. The summed E-state index contributed by atoms with van der Waals surface area (Å²) in [5.41, 5.74) is 5.76. The molecular weight excluding hydrogens is 414 g/mol. The van der Waals surface area contributed by atoms with Crippen molar-refractivity contribution >= 4 is 28.3 Å². The van der Waals surface area contributed by atoms with Crippen LogP contribution in [0.25, 0.3) is 11.0 Å². The first kappa shape index (κ1) is 21.1. The fourth-order valence-corrected chi connectivity index (χ4v) is 3.75. The Morgan fingerprint density at radius 1 is 1.13 bits per heavy atom. The number of nitrogens with one attached hydrogen (secondary N) is 3. The van der Waals surface area contributed by atoms with Crippen LogP contribution in [0.3, 0.4) is 0 Å². The molecule has 1 amide bonds. The maximum atomic E-state index is 13.2. The third-order valence-electron chi connectivity index (χ3n) is 5.43. The van der Waals surface area contributed by atoms with Crippen molar-refractivity contribution in [3.63, 3.8) is 0 Å². The molecule has 1 aliphatic rings. The van der Waals surface area contributed by atoms with E-state index < -0.39 is 23.6 Å². The summed E-state index contributed by atoms with van der Waals surface area (Å²) in [5, 5.41) is 6.06. The van der Waals surface area contributed by atoms with Crippen molar-refractivity contribution in [1.29, 1.82) is 0 Å². The van der Waals surface area contributed by atoms with Gasteiger partial charge in [-0.05, 0) is 56.0 Å². The number of hydrogen-bond donors (Lipinski definition) is 4. The molecule has 0 bridgehead atoms. The number of carbonyl (C=O) groups is 1. The number of rotatable bonds is 4. The third-order valence-corrected chi connectivity index (χ3v) is 5.43. The number of H-pyrrole nitrogens is 1. The summed E-state index contributed by atoms with van der Waals surface area (Å²) in [4.78, 5) is 19.2. The first-order chi connectivity index (χ1) is 14.7. The number of carbonyl (C=O) groups excluding carboxylic acids is 1. The Morgan fingerprint density at radius 3 is 2.45 bits per heavy atom. The molecule has 1 saturated carbocycles. The lowest BCUT2D eigenvalue weighted by Gasteiger charge is -2.28. The lowest BCUT2D eigenvalue weighted by atomic mass is 9.91. The first-order valence-electron chi connectivity index (χ1n) is 9.88. The lowest BCUT2D eigenvalue weighted by Crippen LogP contribution is -2.33. The summed E-state index contributed by atoms with van der Waals surface area (Å²) in [6.45, 7) is 0. The summed E-state index contributed by atoms with van der Waals surface area (Å²) in [5.74, 6) is -1.02. The van der Waals surface area contributed by atoms with Crippen LogP contribution in [-0.2, 0) is 6.18 Å². The van der Waals surface area contributed by atoms with E-state index in [-0.39, 0.29) is 34.4 Å². The van der Waals surface area contributed by atoms with Gasteiger partial charge in [-0.3, -0.25) is 4.79 Å². The van der Waals surface area contributed by atoms with Crippen LogP contribution < -0.4 is 16.4 Å². The number of alkyl halides is 3. The van der Waals surface area contributed by atoms with Gasteiger partial charge in [0.25, 0.3) is 5.91 Å². The molecular formula is C21H21F4N5O. The number of aromatic amines is 1. The second-order valence-electron chi connectivity index (χ2n) is 7.71. The van der Waals surface area contributed by atoms with Crippen LogP contribution in [0.2, 0.25) is 0 Å². The van der Waals surface area contributed by atoms with Crippen molar-refractivity contribution in [2.24, 2.45) is 5.73 Å². The highest BCUT2D eigenvalue weighted by atomic mass is 19.4. The number of nitrogens with zero attached hydrogens (tertiary/aromatic N) is 1. The first-order valence-corrected chi connectivity index (χ1v) is 9.88. The number of anilines is 2. The summed E-state index contributed by atoms with van der Waals surface area (Å²) in [6.07, 6.45) is -0.310. The third kappa shape index (κ3) is 4.63. The van der Waals surface area contributed by atoms with E-state index in [1.54, 1.807) is 0 Å². The minimum absolute atomic E-state index is 0.0284. The summed E-state index contributed by atoms with van der Waals surface area (Å²) < 4.78 is 52.8. The summed E-state index contributed by atoms with van der Waals surface area (Å²) >= 11 is 0. The topological polar surface area (TPSA) is 95.8 Å². The Morgan fingerprint density at radius 2 is 1.81 bits per heavy atom. The second-order valence-corrected chi connectivity index (χ2v) is 7.71. The fraction of sp³-hybridized carbons (Fsp3) is 0.333. The van der Waals surface area contributed by atoms with Crippen molar-refractivity contribution in [3.8, 4) is 0 Å². The highest BCUT2D eigenvalue weighted by molar-refractivity contribution is 6.12. The van der Waals surface area contributed by atoms with Crippen LogP contribution in [-0.4, -0.2) is 28.0 Å². The number of nitrogens with two attached hydrogens (primary N) is 1. The Kier molecular flexibility index (Phi) is 5.57. The number of benzene rings is 1. The van der Waals surface area contributed by atoms with Crippen molar-refractivity contribution in [1.82, 2.24) is 9.97 Å². The van der Waals surface area contributed by atoms with Crippen LogP contribution in [0, 0.1) is 5.82 Å². The largest absolute Gasteiger partial charge is 0.431 e. The monoisotopic (exact) mass is 435 g/mol. The van der Waals surface area contributed by atoms with E-state index in [0.717, 1.165) is 31.7 Å². The number of hydrogen-bond acceptors (Lipinski definition) is 4. The molecule has 2 aromatic heterocycles. The number of fused-ring (bicyclic) bond motifs is 1. The molecule has 164 valence electrons. The SMILES string of the molecule is NC1CCC(Nc2c(C(=O)Nc3ccc(F)cc3)cnc3[nH]c(C(F)(F)F)cc23)CC1. The second kappa shape index (κ2) is 8.18. The number of halogens is 4. The Balaban J connectivity index is 1.72. The highest BCUT2D eigenvalue weighted by Crippen LogP contribution is 2.35. The normalized spacial score (nSPS) is 19.4. The molecule has 0 radical (unpaired) electrons. The minimum atomic E-state index is -4.58. The van der Waals surface area contributed by atoms with Gasteiger partial charge < -0.3 is 21.4 Å². The van der Waals surface area contributed by atoms with E-state index in [1.807, 2.05) is 0 Å². The van der Waals surface area contributed by atoms with Gasteiger partial charge in [0.1, 0.15) is 17.2 Å². The van der Waals surface area contributed by atoms with Crippen molar-refractivity contribution in [2.75, 3.05) is 10.6 Å². The molecule has 1 aliphatic carbocycles. The van der Waals surface area contributed by atoms with Crippen LogP contribution in [0.15, 0.2) is 36.5 Å². The number of aromatic nitrogens is 2. The standard InChI is InChI=1S/C21H21F4N5O/c22-11-1-5-14(6-2-11)29-20(31)16-10-27-19-15(9-17(30-19)21(23,24)25)18(16)28-13-7-3-12(26)4-8-13/h1-2,5-6,9-10,12-13H,3-4,7-8,26H2,(H,29,31)(H2,27,28,30). The van der Waals surface area contributed by atoms with E-state index in [1.165, 1.54) is 30.5 Å². The highest BCUT2D eigenvalue weighted by Gasteiger charge is 2.34.